The van der Waals surface area contributed by atoms with Crippen molar-refractivity contribution >= 4 is 12.0 Å². The van der Waals surface area contributed by atoms with Gasteiger partial charge in [0.1, 0.15) is 0 Å². The van der Waals surface area contributed by atoms with E-state index < -0.39 is 6.09 Å². The zero-order chi connectivity index (χ0) is 17.3. The minimum absolute atomic E-state index is 0.215. The van der Waals surface area contributed by atoms with Gasteiger partial charge in [-0.1, -0.05) is 0 Å². The molecule has 6 heteroatoms. The smallest absolute Gasteiger partial charge is 0.407 e. The first-order chi connectivity index (χ1) is 12.1. The molecule has 0 aromatic rings. The Kier molecular flexibility index (Phi) is 3.56. The molecule has 1 N–H and O–H groups in total. The Morgan fingerprint density at radius 1 is 1.08 bits per heavy atom. The van der Waals surface area contributed by atoms with Gasteiger partial charge in [-0.2, -0.15) is 0 Å². The predicted octanol–water partition coefficient (Wildman–Crippen LogP) is 1.71. The van der Waals surface area contributed by atoms with Gasteiger partial charge in [-0.3, -0.25) is 9.69 Å². The first-order valence-corrected chi connectivity index (χ1v) is 10.1. The van der Waals surface area contributed by atoms with Gasteiger partial charge in [0.05, 0.1) is 0 Å². The lowest BCUT2D eigenvalue weighted by molar-refractivity contribution is -0.134. The first kappa shape index (κ1) is 15.9. The van der Waals surface area contributed by atoms with E-state index in [4.69, 9.17) is 0 Å². The van der Waals surface area contributed by atoms with Gasteiger partial charge in [0.2, 0.25) is 5.91 Å². The van der Waals surface area contributed by atoms with Crippen LogP contribution in [-0.2, 0) is 4.79 Å². The maximum Gasteiger partial charge on any atom is 0.407 e. The molecule has 3 saturated heterocycles. The van der Waals surface area contributed by atoms with Crippen LogP contribution in [0.1, 0.15) is 39.0 Å². The molecule has 3 aliphatic heterocycles. The molecule has 0 aromatic carbocycles. The number of fused-ring (bicyclic) bond motifs is 4. The molecule has 0 radical (unpaired) electrons. The highest BCUT2D eigenvalue weighted by Crippen LogP contribution is 2.55. The monoisotopic (exact) mass is 347 g/mol. The number of hydrogen-bond donors (Lipinski definition) is 1. The number of piperidine rings is 3. The zero-order valence-electron chi connectivity index (χ0n) is 15.0. The Hall–Kier alpha value is -1.30. The number of carboxylic acid groups (broad SMARTS) is 1. The molecule has 0 aromatic heterocycles. The zero-order valence-corrected chi connectivity index (χ0v) is 15.0. The average molecular weight is 347 g/mol. The third-order valence-corrected chi connectivity index (χ3v) is 7.63. The highest BCUT2D eigenvalue weighted by Gasteiger charge is 2.62. The van der Waals surface area contributed by atoms with Crippen LogP contribution in [0.4, 0.5) is 4.79 Å². The SMILES string of the molecule is CCN(C(=O)[C@@H]1[C@@H]2CN(C3C[C@@H]4CC[C@H]3CN4C(=O)O)C[C@@H]21)C1CC1. The average Bonchev–Trinajstić information content (AvgIpc) is 3.53. The summed E-state index contributed by atoms with van der Waals surface area (Å²) < 4.78 is 0. The van der Waals surface area contributed by atoms with Crippen molar-refractivity contribution in [3.05, 3.63) is 0 Å². The molecule has 6 rings (SSSR count). The summed E-state index contributed by atoms with van der Waals surface area (Å²) in [6.07, 6.45) is 4.83. The lowest BCUT2D eigenvalue weighted by Gasteiger charge is -2.51. The number of rotatable bonds is 4. The number of hydrogen-bond acceptors (Lipinski definition) is 3. The minimum atomic E-state index is -0.747. The van der Waals surface area contributed by atoms with E-state index in [0.29, 0.717) is 42.3 Å². The van der Waals surface area contributed by atoms with Crippen LogP contribution in [0, 0.1) is 23.7 Å². The molecular formula is C19H29N3O3. The fraction of sp³-hybridized carbons (Fsp3) is 0.895. The summed E-state index contributed by atoms with van der Waals surface area (Å²) in [5.74, 6) is 2.33. The van der Waals surface area contributed by atoms with Crippen molar-refractivity contribution < 1.29 is 14.7 Å². The Morgan fingerprint density at radius 3 is 2.32 bits per heavy atom. The van der Waals surface area contributed by atoms with Gasteiger partial charge in [0, 0.05) is 50.2 Å². The Bertz CT molecular complexity index is 580. The van der Waals surface area contributed by atoms with Crippen LogP contribution in [0.25, 0.3) is 0 Å². The normalized spacial score (nSPS) is 42.4. The molecule has 2 amide bonds. The van der Waals surface area contributed by atoms with E-state index >= 15 is 0 Å². The quantitative estimate of drug-likeness (QED) is 0.841. The largest absolute Gasteiger partial charge is 0.465 e. The molecule has 3 aliphatic carbocycles. The lowest BCUT2D eigenvalue weighted by atomic mass is 9.75. The molecule has 1 unspecified atom stereocenters. The second-order valence-electron chi connectivity index (χ2n) is 8.89. The van der Waals surface area contributed by atoms with Crippen molar-refractivity contribution in [1.82, 2.24) is 14.7 Å². The standard InChI is InChI=1S/C19H29N3O3/c1-2-21(12-5-6-12)18(23)17-14-9-20(10-15(14)17)16-7-13-4-3-11(16)8-22(13)19(24)25/h11-17H,2-10H2,1H3,(H,24,25)/t11-,13-,14-,15+,16?,17-/m0/s1. The summed E-state index contributed by atoms with van der Waals surface area (Å²) in [4.78, 5) is 30.6. The summed E-state index contributed by atoms with van der Waals surface area (Å²) in [5, 5.41) is 9.35. The molecule has 138 valence electrons. The molecular weight excluding hydrogens is 318 g/mol. The van der Waals surface area contributed by atoms with Gasteiger partial charge >= 0.3 is 6.09 Å². The van der Waals surface area contributed by atoms with Gasteiger partial charge < -0.3 is 14.9 Å². The van der Waals surface area contributed by atoms with Crippen molar-refractivity contribution in [2.45, 2.75) is 57.2 Å². The van der Waals surface area contributed by atoms with E-state index in [1.54, 1.807) is 4.90 Å². The van der Waals surface area contributed by atoms with E-state index in [1.165, 1.54) is 19.3 Å². The van der Waals surface area contributed by atoms with Gasteiger partial charge in [-0.25, -0.2) is 4.79 Å². The molecule has 2 bridgehead atoms. The number of amides is 2. The van der Waals surface area contributed by atoms with Crippen molar-refractivity contribution in [3.63, 3.8) is 0 Å². The Balaban J connectivity index is 1.19. The summed E-state index contributed by atoms with van der Waals surface area (Å²) in [5.41, 5.74) is 0. The van der Waals surface area contributed by atoms with Crippen LogP contribution < -0.4 is 0 Å². The number of nitrogens with zero attached hydrogens (tertiary/aromatic N) is 3. The first-order valence-electron chi connectivity index (χ1n) is 10.1. The van der Waals surface area contributed by atoms with E-state index in [9.17, 15) is 14.7 Å². The van der Waals surface area contributed by atoms with Crippen molar-refractivity contribution in [1.29, 1.82) is 0 Å². The van der Waals surface area contributed by atoms with E-state index in [2.05, 4.69) is 16.7 Å². The van der Waals surface area contributed by atoms with Gasteiger partial charge in [0.15, 0.2) is 0 Å². The lowest BCUT2D eigenvalue weighted by Crippen LogP contribution is -2.60. The van der Waals surface area contributed by atoms with E-state index in [0.717, 1.165) is 32.5 Å². The van der Waals surface area contributed by atoms with Crippen LogP contribution in [-0.4, -0.2) is 76.1 Å². The molecule has 3 saturated carbocycles. The molecule has 6 fully saturated rings. The van der Waals surface area contributed by atoms with Crippen LogP contribution in [0.2, 0.25) is 0 Å². The predicted molar refractivity (Wildman–Crippen MR) is 92.1 cm³/mol. The molecule has 0 spiro atoms. The molecule has 6 nitrogen and oxygen atoms in total. The summed E-state index contributed by atoms with van der Waals surface area (Å²) in [7, 11) is 0. The molecule has 3 heterocycles. The summed E-state index contributed by atoms with van der Waals surface area (Å²) >= 11 is 0. The van der Waals surface area contributed by atoms with Crippen LogP contribution in [0.5, 0.6) is 0 Å². The van der Waals surface area contributed by atoms with E-state index in [-0.39, 0.29) is 12.0 Å². The Labute approximate surface area is 149 Å². The number of carbonyl (C=O) groups is 2. The summed E-state index contributed by atoms with van der Waals surface area (Å²) in [6, 6.07) is 1.29. The molecule has 6 aliphatic rings. The highest BCUT2D eigenvalue weighted by molar-refractivity contribution is 5.83. The van der Waals surface area contributed by atoms with Crippen LogP contribution >= 0.6 is 0 Å². The van der Waals surface area contributed by atoms with E-state index in [1.807, 2.05) is 0 Å². The minimum Gasteiger partial charge on any atom is -0.465 e. The third-order valence-electron chi connectivity index (χ3n) is 7.63. The fourth-order valence-electron chi connectivity index (χ4n) is 6.13. The van der Waals surface area contributed by atoms with Crippen molar-refractivity contribution in [2.75, 3.05) is 26.2 Å². The number of carbonyl (C=O) groups excluding carboxylic acids is 1. The second kappa shape index (κ2) is 5.60. The highest BCUT2D eigenvalue weighted by atomic mass is 16.4. The molecule has 25 heavy (non-hydrogen) atoms. The number of likely N-dealkylation sites (tertiary alicyclic amines) is 1. The topological polar surface area (TPSA) is 64.1 Å². The third kappa shape index (κ3) is 2.47. The van der Waals surface area contributed by atoms with Crippen LogP contribution in [0.15, 0.2) is 0 Å². The molecule has 6 atom stereocenters. The maximum absolute atomic E-state index is 12.8. The maximum atomic E-state index is 12.8. The summed E-state index contributed by atoms with van der Waals surface area (Å²) in [6.45, 7) is 5.80. The van der Waals surface area contributed by atoms with Crippen molar-refractivity contribution in [2.24, 2.45) is 23.7 Å². The van der Waals surface area contributed by atoms with Crippen molar-refractivity contribution in [3.8, 4) is 0 Å². The second-order valence-corrected chi connectivity index (χ2v) is 8.89. The van der Waals surface area contributed by atoms with Crippen LogP contribution in [0.3, 0.4) is 0 Å². The van der Waals surface area contributed by atoms with Gasteiger partial charge in [-0.05, 0) is 56.8 Å². The van der Waals surface area contributed by atoms with Gasteiger partial charge in [-0.15, -0.1) is 0 Å². The van der Waals surface area contributed by atoms with Gasteiger partial charge in [0.25, 0.3) is 0 Å². The fourth-order valence-corrected chi connectivity index (χ4v) is 6.13. The Morgan fingerprint density at radius 2 is 1.80 bits per heavy atom.